The maximum Gasteiger partial charge on any atom is 0.340 e. The van der Waals surface area contributed by atoms with Crippen LogP contribution in [0.5, 0.6) is 0 Å². The van der Waals surface area contributed by atoms with E-state index in [1.807, 2.05) is 12.2 Å². The summed E-state index contributed by atoms with van der Waals surface area (Å²) in [5.74, 6) is -1.89. The minimum atomic E-state index is -2.08. The molecule has 0 radical (unpaired) electrons. The number of hydrogen-bond acceptors (Lipinski definition) is 1. The van der Waals surface area contributed by atoms with Gasteiger partial charge in [0.05, 0.1) is 15.4 Å². The first kappa shape index (κ1) is 21.2. The summed E-state index contributed by atoms with van der Waals surface area (Å²) >= 11 is 44.5. The van der Waals surface area contributed by atoms with Crippen LogP contribution in [0, 0.1) is 11.8 Å². The molecule has 0 heterocycles. The number of hydrogen-bond donors (Lipinski definition) is 1. The largest absolute Gasteiger partial charge is 0.479 e. The van der Waals surface area contributed by atoms with Crippen LogP contribution in [0.1, 0.15) is 13.8 Å². The van der Waals surface area contributed by atoms with Crippen molar-refractivity contribution in [3.05, 3.63) is 22.2 Å². The number of fused-ring (bicyclic) bond motifs is 5. The molecule has 5 unspecified atom stereocenters. The molecule has 0 spiro atoms. The van der Waals surface area contributed by atoms with E-state index in [2.05, 4.69) is 0 Å². The minimum Gasteiger partial charge on any atom is -0.479 e. The van der Waals surface area contributed by atoms with Gasteiger partial charge in [-0.2, -0.15) is 0 Å². The van der Waals surface area contributed by atoms with Crippen molar-refractivity contribution in [3.8, 4) is 0 Å². The molecule has 10 heteroatoms. The second kappa shape index (κ2) is 6.22. The van der Waals surface area contributed by atoms with Crippen LogP contribution in [0.25, 0.3) is 0 Å². The average Bonchev–Trinajstić information content (AvgIpc) is 2.92. The molecule has 3 rings (SSSR count). The lowest BCUT2D eigenvalue weighted by Crippen LogP contribution is -2.45. The van der Waals surface area contributed by atoms with Gasteiger partial charge in [-0.15, -0.1) is 34.8 Å². The van der Waals surface area contributed by atoms with Crippen LogP contribution in [-0.2, 0) is 4.79 Å². The minimum absolute atomic E-state index is 0.205. The summed E-state index contributed by atoms with van der Waals surface area (Å²) in [5, 5.41) is 7.99. The van der Waals surface area contributed by atoms with E-state index in [9.17, 15) is 9.18 Å². The standard InChI is InChI=1S/C10H5Cl7.C4H7FO2/c11-4-2-1-3-5(4)9(15)7(13)6(12)8(3,14)10(9,16)17;1-4(2,5)3(6)7/h1-5H;1-2H3,(H,6,7). The fraction of sp³-hybridized carbons (Fsp3) is 0.643. The van der Waals surface area contributed by atoms with Crippen molar-refractivity contribution in [2.75, 3.05) is 0 Å². The van der Waals surface area contributed by atoms with Crippen LogP contribution in [-0.4, -0.2) is 36.2 Å². The zero-order valence-electron chi connectivity index (χ0n) is 12.3. The number of carboxylic acid groups (broad SMARTS) is 1. The topological polar surface area (TPSA) is 37.3 Å². The van der Waals surface area contributed by atoms with Gasteiger partial charge in [0, 0.05) is 11.8 Å². The Morgan fingerprint density at radius 3 is 1.96 bits per heavy atom. The molecular formula is C14H12Cl7FO2. The molecule has 24 heavy (non-hydrogen) atoms. The first-order valence-corrected chi connectivity index (χ1v) is 9.42. The smallest absolute Gasteiger partial charge is 0.340 e. The van der Waals surface area contributed by atoms with Gasteiger partial charge < -0.3 is 5.11 Å². The Bertz CT molecular complexity index is 642. The molecule has 3 aliphatic carbocycles. The third-order valence-electron chi connectivity index (χ3n) is 4.40. The van der Waals surface area contributed by atoms with Gasteiger partial charge in [0.25, 0.3) is 0 Å². The number of carbonyl (C=O) groups is 1. The maximum absolute atomic E-state index is 11.9. The van der Waals surface area contributed by atoms with Gasteiger partial charge in [0.1, 0.15) is 9.75 Å². The zero-order valence-corrected chi connectivity index (χ0v) is 17.6. The Hall–Kier alpha value is 0.910. The van der Waals surface area contributed by atoms with E-state index in [1.54, 1.807) is 0 Å². The third-order valence-corrected chi connectivity index (χ3v) is 9.11. The quantitative estimate of drug-likeness (QED) is 0.367. The molecule has 2 bridgehead atoms. The predicted molar refractivity (Wildman–Crippen MR) is 98.9 cm³/mol. The Kier molecular flexibility index (Phi) is 5.50. The van der Waals surface area contributed by atoms with Gasteiger partial charge in [-0.25, -0.2) is 9.18 Å². The number of rotatable bonds is 1. The molecular weight excluding hydrogens is 467 g/mol. The average molecular weight is 479 g/mol. The molecule has 0 amide bonds. The summed E-state index contributed by atoms with van der Waals surface area (Å²) < 4.78 is 10.4. The number of aliphatic carboxylic acids is 1. The second-order valence-corrected chi connectivity index (χ2v) is 10.1. The Labute approximate surface area is 173 Å². The van der Waals surface area contributed by atoms with Crippen LogP contribution < -0.4 is 0 Å². The molecule has 1 fully saturated rings. The first-order chi connectivity index (χ1) is 10.6. The third kappa shape index (κ3) is 2.53. The van der Waals surface area contributed by atoms with E-state index < -0.39 is 25.7 Å². The van der Waals surface area contributed by atoms with Gasteiger partial charge >= 0.3 is 5.97 Å². The molecule has 2 nitrogen and oxygen atoms in total. The van der Waals surface area contributed by atoms with Crippen LogP contribution >= 0.6 is 81.2 Å². The van der Waals surface area contributed by atoms with E-state index >= 15 is 0 Å². The molecule has 5 atom stereocenters. The number of allylic oxidation sites excluding steroid dienone is 4. The molecule has 1 N–H and O–H groups in total. The van der Waals surface area contributed by atoms with Crippen LogP contribution in [0.3, 0.4) is 0 Å². The fourth-order valence-corrected chi connectivity index (χ4v) is 6.60. The van der Waals surface area contributed by atoms with Crippen molar-refractivity contribution in [1.29, 1.82) is 0 Å². The van der Waals surface area contributed by atoms with Gasteiger partial charge in [-0.3, -0.25) is 0 Å². The SMILES string of the molecule is CC(C)(F)C(=O)O.ClC1=C(Cl)C2(Cl)C3C(Cl)C=CC3C1(Cl)C2(Cl)Cl. The van der Waals surface area contributed by atoms with Crippen molar-refractivity contribution in [2.45, 2.75) is 39.0 Å². The summed E-state index contributed by atoms with van der Waals surface area (Å²) in [6.45, 7) is 1.99. The molecule has 0 aromatic rings. The highest BCUT2D eigenvalue weighted by molar-refractivity contribution is 6.66. The molecule has 136 valence electrons. The molecule has 0 saturated heterocycles. The summed E-state index contributed by atoms with van der Waals surface area (Å²) in [5.41, 5.74) is -2.08. The number of alkyl halides is 6. The summed E-state index contributed by atoms with van der Waals surface area (Å²) in [6.07, 6.45) is 3.69. The van der Waals surface area contributed by atoms with Crippen molar-refractivity contribution >= 4 is 87.2 Å². The van der Waals surface area contributed by atoms with E-state index in [-0.39, 0.29) is 27.3 Å². The van der Waals surface area contributed by atoms with Crippen LogP contribution in [0.15, 0.2) is 22.2 Å². The van der Waals surface area contributed by atoms with E-state index in [1.165, 1.54) is 0 Å². The maximum atomic E-state index is 11.9. The monoisotopic (exact) mass is 476 g/mol. The molecule has 3 aliphatic rings. The highest BCUT2D eigenvalue weighted by atomic mass is 35.5. The Balaban J connectivity index is 0.000000256. The zero-order chi connectivity index (χ0) is 18.9. The molecule has 1 saturated carbocycles. The summed E-state index contributed by atoms with van der Waals surface area (Å²) in [7, 11) is 0. The van der Waals surface area contributed by atoms with E-state index in [4.69, 9.17) is 86.3 Å². The molecule has 0 aromatic carbocycles. The Morgan fingerprint density at radius 2 is 1.54 bits per heavy atom. The van der Waals surface area contributed by atoms with Gasteiger partial charge in [0.15, 0.2) is 4.33 Å². The van der Waals surface area contributed by atoms with Crippen molar-refractivity contribution in [3.63, 3.8) is 0 Å². The first-order valence-electron chi connectivity index (χ1n) is 6.71. The van der Waals surface area contributed by atoms with Gasteiger partial charge in [0.2, 0.25) is 5.67 Å². The lowest BCUT2D eigenvalue weighted by atomic mass is 9.84. The summed E-state index contributed by atoms with van der Waals surface area (Å²) in [6, 6.07) is 0. The van der Waals surface area contributed by atoms with E-state index in [0.29, 0.717) is 0 Å². The van der Waals surface area contributed by atoms with Crippen molar-refractivity contribution in [1.82, 2.24) is 0 Å². The van der Waals surface area contributed by atoms with Crippen molar-refractivity contribution < 1.29 is 14.3 Å². The normalized spacial score (nSPS) is 42.0. The van der Waals surface area contributed by atoms with Crippen LogP contribution in [0.2, 0.25) is 0 Å². The molecule has 0 aliphatic heterocycles. The Morgan fingerprint density at radius 1 is 1.12 bits per heavy atom. The second-order valence-electron chi connectivity index (χ2n) is 6.28. The fourth-order valence-electron chi connectivity index (χ4n) is 3.08. The number of carboxylic acids is 1. The molecule has 0 aromatic heterocycles. The van der Waals surface area contributed by atoms with Gasteiger partial charge in [-0.05, 0) is 13.8 Å². The summed E-state index contributed by atoms with van der Waals surface area (Å²) in [4.78, 5) is 7.20. The predicted octanol–water partition coefficient (Wildman–Crippen LogP) is 6.06. The van der Waals surface area contributed by atoms with Gasteiger partial charge in [-0.1, -0.05) is 58.6 Å². The highest BCUT2D eigenvalue weighted by Crippen LogP contribution is 2.78. The number of halogens is 8. The highest BCUT2D eigenvalue weighted by Gasteiger charge is 2.83. The van der Waals surface area contributed by atoms with Crippen LogP contribution in [0.4, 0.5) is 4.39 Å². The van der Waals surface area contributed by atoms with E-state index in [0.717, 1.165) is 13.8 Å². The lowest BCUT2D eigenvalue weighted by molar-refractivity contribution is -0.148. The lowest BCUT2D eigenvalue weighted by Gasteiger charge is -2.34. The van der Waals surface area contributed by atoms with Crippen molar-refractivity contribution in [2.24, 2.45) is 11.8 Å².